The number of rotatable bonds is 6. The normalized spacial score (nSPS) is 15.3. The number of hydrogen-bond donors (Lipinski definition) is 1. The van der Waals surface area contributed by atoms with E-state index in [9.17, 15) is 4.39 Å². The fourth-order valence-electron chi connectivity index (χ4n) is 4.17. The van der Waals surface area contributed by atoms with Gasteiger partial charge in [-0.1, -0.05) is 0 Å². The van der Waals surface area contributed by atoms with Gasteiger partial charge in [0.1, 0.15) is 11.6 Å². The predicted octanol–water partition coefficient (Wildman–Crippen LogP) is 4.57. The lowest BCUT2D eigenvalue weighted by molar-refractivity contribution is 0.452. The summed E-state index contributed by atoms with van der Waals surface area (Å²) in [6, 6.07) is 12.8. The number of anilines is 1. The van der Waals surface area contributed by atoms with Gasteiger partial charge >= 0.3 is 0 Å². The molecule has 7 heteroatoms. The number of aryl methyl sites for hydroxylation is 1. The number of benzene rings is 1. The number of hydrogen-bond acceptors (Lipinski definition) is 4. The second kappa shape index (κ2) is 7.74. The molecule has 6 nitrogen and oxygen atoms in total. The van der Waals surface area contributed by atoms with Crippen LogP contribution in [0.1, 0.15) is 25.2 Å². The summed E-state index contributed by atoms with van der Waals surface area (Å²) in [6.07, 6.45) is 7.88. The first-order chi connectivity index (χ1) is 14.7. The monoisotopic (exact) mass is 402 g/mol. The van der Waals surface area contributed by atoms with Gasteiger partial charge in [-0.3, -0.25) is 0 Å². The Labute approximate surface area is 174 Å². The van der Waals surface area contributed by atoms with Gasteiger partial charge < -0.3 is 14.5 Å². The number of halogens is 1. The summed E-state index contributed by atoms with van der Waals surface area (Å²) in [5.74, 6) is 1.38. The Morgan fingerprint density at radius 1 is 1.10 bits per heavy atom. The predicted molar refractivity (Wildman–Crippen MR) is 115 cm³/mol. The van der Waals surface area contributed by atoms with E-state index in [-0.39, 0.29) is 11.9 Å². The molecule has 152 valence electrons. The summed E-state index contributed by atoms with van der Waals surface area (Å²) < 4.78 is 18.1. The van der Waals surface area contributed by atoms with Gasteiger partial charge in [-0.25, -0.2) is 19.3 Å². The van der Waals surface area contributed by atoms with Crippen LogP contribution in [0.15, 0.2) is 61.1 Å². The Bertz CT molecular complexity index is 1150. The highest BCUT2D eigenvalue weighted by Crippen LogP contribution is 2.39. The van der Waals surface area contributed by atoms with Crippen molar-refractivity contribution in [3.8, 4) is 22.6 Å². The molecular formula is C23H23FN6. The van der Waals surface area contributed by atoms with Crippen LogP contribution < -0.4 is 5.32 Å². The lowest BCUT2D eigenvalue weighted by Crippen LogP contribution is -2.13. The zero-order chi connectivity index (χ0) is 20.5. The maximum Gasteiger partial charge on any atom is 0.223 e. The van der Waals surface area contributed by atoms with E-state index in [1.165, 1.54) is 12.1 Å². The van der Waals surface area contributed by atoms with E-state index in [0.717, 1.165) is 54.4 Å². The van der Waals surface area contributed by atoms with Gasteiger partial charge in [-0.15, -0.1) is 0 Å². The van der Waals surface area contributed by atoms with Gasteiger partial charge in [0.25, 0.3) is 0 Å². The summed E-state index contributed by atoms with van der Waals surface area (Å²) in [6.45, 7) is 3.63. The van der Waals surface area contributed by atoms with E-state index >= 15 is 0 Å². The Hall–Kier alpha value is -3.48. The van der Waals surface area contributed by atoms with Gasteiger partial charge in [-0.2, -0.15) is 0 Å². The summed E-state index contributed by atoms with van der Waals surface area (Å²) in [4.78, 5) is 14.0. The molecule has 0 bridgehead atoms. The van der Waals surface area contributed by atoms with Crippen LogP contribution >= 0.6 is 0 Å². The lowest BCUT2D eigenvalue weighted by atomic mass is 10.1. The third kappa shape index (κ3) is 3.36. The maximum absolute atomic E-state index is 13.5. The summed E-state index contributed by atoms with van der Waals surface area (Å²) >= 11 is 0. The SMILES string of the molecule is CCNc1nccc(-c2c(-c3ccc(F)cc3)nc3n2[C@H](Cn2cccc2)CC3)n1. The van der Waals surface area contributed by atoms with Gasteiger partial charge in [-0.05, 0) is 55.8 Å². The second-order valence-electron chi connectivity index (χ2n) is 7.47. The summed E-state index contributed by atoms with van der Waals surface area (Å²) in [7, 11) is 0. The number of aromatic nitrogens is 5. The van der Waals surface area contributed by atoms with E-state index in [4.69, 9.17) is 9.97 Å². The smallest absolute Gasteiger partial charge is 0.223 e. The van der Waals surface area contributed by atoms with Gasteiger partial charge in [0, 0.05) is 43.7 Å². The molecule has 1 aromatic carbocycles. The third-order valence-electron chi connectivity index (χ3n) is 5.49. The molecule has 0 saturated heterocycles. The molecule has 0 radical (unpaired) electrons. The number of nitrogens with zero attached hydrogens (tertiary/aromatic N) is 5. The van der Waals surface area contributed by atoms with Crippen LogP contribution in [0.3, 0.4) is 0 Å². The van der Waals surface area contributed by atoms with E-state index in [1.54, 1.807) is 18.3 Å². The molecule has 1 aliphatic heterocycles. The fraction of sp³-hybridized carbons (Fsp3) is 0.261. The highest BCUT2D eigenvalue weighted by atomic mass is 19.1. The van der Waals surface area contributed by atoms with Gasteiger partial charge in [0.2, 0.25) is 5.95 Å². The molecule has 1 N–H and O–H groups in total. The van der Waals surface area contributed by atoms with Crippen molar-refractivity contribution in [3.05, 3.63) is 72.7 Å². The minimum absolute atomic E-state index is 0.256. The van der Waals surface area contributed by atoms with Crippen LogP contribution in [0.25, 0.3) is 22.6 Å². The molecule has 0 amide bonds. The molecular weight excluding hydrogens is 379 g/mol. The van der Waals surface area contributed by atoms with Crippen molar-refractivity contribution in [2.75, 3.05) is 11.9 Å². The minimum Gasteiger partial charge on any atom is -0.354 e. The number of imidazole rings is 1. The first kappa shape index (κ1) is 18.5. The maximum atomic E-state index is 13.5. The van der Waals surface area contributed by atoms with Crippen LogP contribution in [-0.2, 0) is 13.0 Å². The van der Waals surface area contributed by atoms with Crippen LogP contribution in [-0.4, -0.2) is 30.6 Å². The Morgan fingerprint density at radius 3 is 2.67 bits per heavy atom. The van der Waals surface area contributed by atoms with Crippen molar-refractivity contribution in [1.29, 1.82) is 0 Å². The van der Waals surface area contributed by atoms with Crippen molar-refractivity contribution >= 4 is 5.95 Å². The zero-order valence-electron chi connectivity index (χ0n) is 16.8. The molecule has 0 unspecified atom stereocenters. The van der Waals surface area contributed by atoms with Crippen molar-refractivity contribution < 1.29 is 4.39 Å². The summed E-state index contributed by atoms with van der Waals surface area (Å²) in [5, 5.41) is 3.19. The molecule has 3 aromatic heterocycles. The van der Waals surface area contributed by atoms with Crippen molar-refractivity contribution in [1.82, 2.24) is 24.1 Å². The quantitative estimate of drug-likeness (QED) is 0.513. The molecule has 30 heavy (non-hydrogen) atoms. The van der Waals surface area contributed by atoms with Crippen molar-refractivity contribution in [3.63, 3.8) is 0 Å². The average Bonchev–Trinajstić information content (AvgIpc) is 3.48. The average molecular weight is 402 g/mol. The molecule has 0 saturated carbocycles. The molecule has 1 atom stereocenters. The van der Waals surface area contributed by atoms with Gasteiger partial charge in [0.15, 0.2) is 0 Å². The minimum atomic E-state index is -0.256. The molecule has 0 spiro atoms. The molecule has 5 rings (SSSR count). The molecule has 4 heterocycles. The largest absolute Gasteiger partial charge is 0.354 e. The first-order valence-electron chi connectivity index (χ1n) is 10.3. The van der Waals surface area contributed by atoms with Crippen LogP contribution in [0.4, 0.5) is 10.3 Å². The fourth-order valence-corrected chi connectivity index (χ4v) is 4.17. The van der Waals surface area contributed by atoms with E-state index in [2.05, 4.69) is 31.8 Å². The standard InChI is InChI=1S/C23H23FN6/c1-2-25-23-26-12-11-19(27-23)22-21(16-5-7-17(24)8-6-16)28-20-10-9-18(30(20)22)15-29-13-3-4-14-29/h3-8,11-14,18H,2,9-10,15H2,1H3,(H,25,26,27)/t18-/m0/s1. The number of nitrogens with one attached hydrogen (secondary N) is 1. The lowest BCUT2D eigenvalue weighted by Gasteiger charge is -2.18. The first-order valence-corrected chi connectivity index (χ1v) is 10.3. The highest BCUT2D eigenvalue weighted by molar-refractivity contribution is 5.78. The topological polar surface area (TPSA) is 60.6 Å². The Kier molecular flexibility index (Phi) is 4.78. The molecule has 0 fully saturated rings. The van der Waals surface area contributed by atoms with E-state index < -0.39 is 0 Å². The van der Waals surface area contributed by atoms with Crippen LogP contribution in [0.5, 0.6) is 0 Å². The Morgan fingerprint density at radius 2 is 1.90 bits per heavy atom. The Balaban J connectivity index is 1.66. The van der Waals surface area contributed by atoms with Crippen LogP contribution in [0.2, 0.25) is 0 Å². The van der Waals surface area contributed by atoms with Crippen LogP contribution in [0, 0.1) is 5.82 Å². The van der Waals surface area contributed by atoms with Crippen molar-refractivity contribution in [2.45, 2.75) is 32.4 Å². The molecule has 0 aliphatic carbocycles. The van der Waals surface area contributed by atoms with Crippen molar-refractivity contribution in [2.24, 2.45) is 0 Å². The molecule has 1 aliphatic rings. The van der Waals surface area contributed by atoms with E-state index in [1.807, 2.05) is 25.1 Å². The van der Waals surface area contributed by atoms with Gasteiger partial charge in [0.05, 0.1) is 23.1 Å². The second-order valence-corrected chi connectivity index (χ2v) is 7.47. The number of fused-ring (bicyclic) bond motifs is 1. The van der Waals surface area contributed by atoms with E-state index in [0.29, 0.717) is 5.95 Å². The molecule has 4 aromatic rings. The highest BCUT2D eigenvalue weighted by Gasteiger charge is 2.31. The zero-order valence-corrected chi connectivity index (χ0v) is 16.8. The third-order valence-corrected chi connectivity index (χ3v) is 5.49. The summed E-state index contributed by atoms with van der Waals surface area (Å²) in [5.41, 5.74) is 3.51.